The Morgan fingerprint density at radius 3 is 2.50 bits per heavy atom. The first-order valence-corrected chi connectivity index (χ1v) is 7.71. The zero-order chi connectivity index (χ0) is 12.1. The van der Waals surface area contributed by atoms with Gasteiger partial charge in [0.25, 0.3) is 5.91 Å². The third-order valence-electron chi connectivity index (χ3n) is 2.57. The molecule has 0 unspecified atom stereocenters. The molecule has 0 aromatic carbocycles. The fraction of sp³-hybridized carbons (Fsp3) is 0.545. The number of hydrogen-bond donors (Lipinski definition) is 1. The number of thiophene rings is 1. The number of hydrogen-bond acceptors (Lipinski definition) is 2. The fourth-order valence-electron chi connectivity index (χ4n) is 1.36. The summed E-state index contributed by atoms with van der Waals surface area (Å²) in [7, 11) is 0. The summed E-state index contributed by atoms with van der Waals surface area (Å²) in [5.41, 5.74) is 0. The maximum absolute atomic E-state index is 11.8. The van der Waals surface area contributed by atoms with Gasteiger partial charge in [-0.05, 0) is 43.8 Å². The average Bonchev–Trinajstić information content (AvgIpc) is 2.60. The molecule has 5 heteroatoms. The van der Waals surface area contributed by atoms with Crippen molar-refractivity contribution in [3.05, 3.63) is 19.2 Å². The van der Waals surface area contributed by atoms with E-state index in [1.165, 1.54) is 11.3 Å². The third kappa shape index (κ3) is 3.86. The van der Waals surface area contributed by atoms with Gasteiger partial charge in [-0.25, -0.2) is 0 Å². The van der Waals surface area contributed by atoms with Gasteiger partial charge in [-0.3, -0.25) is 4.79 Å². The summed E-state index contributed by atoms with van der Waals surface area (Å²) in [5.74, 6) is 0.596. The number of amides is 1. The van der Waals surface area contributed by atoms with Crippen molar-refractivity contribution in [2.75, 3.05) is 6.54 Å². The molecule has 0 spiro atoms. The molecule has 0 bridgehead atoms. The molecule has 1 heterocycles. The van der Waals surface area contributed by atoms with Crippen molar-refractivity contribution in [1.82, 2.24) is 5.32 Å². The van der Waals surface area contributed by atoms with Gasteiger partial charge in [0.15, 0.2) is 0 Å². The summed E-state index contributed by atoms with van der Waals surface area (Å²) in [6.45, 7) is 5.07. The highest BCUT2D eigenvalue weighted by Gasteiger charge is 2.12. The van der Waals surface area contributed by atoms with Crippen LogP contribution in [-0.4, -0.2) is 12.5 Å². The first-order chi connectivity index (χ1) is 7.58. The maximum Gasteiger partial charge on any atom is 0.261 e. The molecule has 0 aliphatic rings. The Morgan fingerprint density at radius 2 is 2.06 bits per heavy atom. The molecule has 0 saturated carbocycles. The number of nitrogens with one attached hydrogen (secondary N) is 1. The molecule has 90 valence electrons. The number of carbonyl (C=O) groups is 1. The van der Waals surface area contributed by atoms with Gasteiger partial charge in [-0.15, -0.1) is 11.3 Å². The summed E-state index contributed by atoms with van der Waals surface area (Å²) >= 11 is 8.21. The smallest absolute Gasteiger partial charge is 0.261 e. The van der Waals surface area contributed by atoms with Gasteiger partial charge in [-0.1, -0.05) is 26.7 Å². The number of rotatable bonds is 5. The maximum atomic E-state index is 11.8. The highest BCUT2D eigenvalue weighted by atomic mass is 79.9. The van der Waals surface area contributed by atoms with Crippen LogP contribution in [0.2, 0.25) is 0 Å². The van der Waals surface area contributed by atoms with Gasteiger partial charge < -0.3 is 5.32 Å². The topological polar surface area (TPSA) is 29.1 Å². The van der Waals surface area contributed by atoms with Crippen LogP contribution >= 0.6 is 43.2 Å². The zero-order valence-corrected chi connectivity index (χ0v) is 13.3. The Labute approximate surface area is 117 Å². The molecule has 1 rings (SSSR count). The first-order valence-electron chi connectivity index (χ1n) is 5.31. The predicted octanol–water partition coefficient (Wildman–Crippen LogP) is 4.44. The molecule has 1 amide bonds. The lowest BCUT2D eigenvalue weighted by Crippen LogP contribution is -2.28. The van der Waals surface area contributed by atoms with E-state index < -0.39 is 0 Å². The van der Waals surface area contributed by atoms with Crippen molar-refractivity contribution in [2.24, 2.45) is 5.92 Å². The van der Waals surface area contributed by atoms with Crippen molar-refractivity contribution in [3.8, 4) is 0 Å². The molecule has 0 aliphatic carbocycles. The van der Waals surface area contributed by atoms with E-state index in [0.29, 0.717) is 5.92 Å². The highest BCUT2D eigenvalue weighted by molar-refractivity contribution is 9.13. The lowest BCUT2D eigenvalue weighted by Gasteiger charge is -2.12. The Bertz CT molecular complexity index is 341. The fourth-order valence-corrected chi connectivity index (χ4v) is 3.31. The summed E-state index contributed by atoms with van der Waals surface area (Å²) in [5, 5.41) is 2.97. The minimum atomic E-state index is 0.0169. The van der Waals surface area contributed by atoms with E-state index >= 15 is 0 Å². The van der Waals surface area contributed by atoms with E-state index in [2.05, 4.69) is 51.0 Å². The van der Waals surface area contributed by atoms with Crippen LogP contribution in [0, 0.1) is 5.92 Å². The van der Waals surface area contributed by atoms with E-state index in [4.69, 9.17) is 0 Å². The lowest BCUT2D eigenvalue weighted by molar-refractivity contribution is 0.0950. The Hall–Kier alpha value is 0.130. The Morgan fingerprint density at radius 1 is 1.44 bits per heavy atom. The van der Waals surface area contributed by atoms with Gasteiger partial charge in [0.05, 0.1) is 8.66 Å². The molecule has 1 aromatic heterocycles. The summed E-state index contributed by atoms with van der Waals surface area (Å²) in [6, 6.07) is 1.84. The standard InChI is InChI=1S/C11H15Br2NOS/c1-3-7(4-2)6-14-11(15)9-5-8(12)10(13)16-9/h5,7H,3-4,6H2,1-2H3,(H,14,15). The quantitative estimate of drug-likeness (QED) is 0.817. The zero-order valence-electron chi connectivity index (χ0n) is 9.35. The molecule has 0 aliphatic heterocycles. The van der Waals surface area contributed by atoms with Crippen LogP contribution in [0.15, 0.2) is 14.3 Å². The third-order valence-corrected chi connectivity index (χ3v) is 5.83. The minimum Gasteiger partial charge on any atom is -0.351 e. The van der Waals surface area contributed by atoms with Crippen LogP contribution in [0.3, 0.4) is 0 Å². The summed E-state index contributed by atoms with van der Waals surface area (Å²) < 4.78 is 1.89. The average molecular weight is 369 g/mol. The molecule has 2 nitrogen and oxygen atoms in total. The van der Waals surface area contributed by atoms with Crippen LogP contribution < -0.4 is 5.32 Å². The monoisotopic (exact) mass is 367 g/mol. The minimum absolute atomic E-state index is 0.0169. The predicted molar refractivity (Wildman–Crippen MR) is 76.1 cm³/mol. The van der Waals surface area contributed by atoms with Crippen molar-refractivity contribution >= 4 is 49.1 Å². The molecule has 0 saturated heterocycles. The van der Waals surface area contributed by atoms with Crippen LogP contribution in [0.4, 0.5) is 0 Å². The molecule has 0 fully saturated rings. The Balaban J connectivity index is 2.52. The van der Waals surface area contributed by atoms with E-state index in [9.17, 15) is 4.79 Å². The van der Waals surface area contributed by atoms with Crippen molar-refractivity contribution < 1.29 is 4.79 Å². The molecule has 1 N–H and O–H groups in total. The van der Waals surface area contributed by atoms with Gasteiger partial charge in [-0.2, -0.15) is 0 Å². The molecule has 0 radical (unpaired) electrons. The molecule has 0 atom stereocenters. The van der Waals surface area contributed by atoms with E-state index in [0.717, 1.165) is 32.5 Å². The highest BCUT2D eigenvalue weighted by Crippen LogP contribution is 2.32. The van der Waals surface area contributed by atoms with Crippen LogP contribution in [-0.2, 0) is 0 Å². The molecule has 1 aromatic rings. The summed E-state index contributed by atoms with van der Waals surface area (Å²) in [4.78, 5) is 12.5. The van der Waals surface area contributed by atoms with Crippen molar-refractivity contribution in [3.63, 3.8) is 0 Å². The first kappa shape index (κ1) is 14.2. The van der Waals surface area contributed by atoms with Crippen LogP contribution in [0.5, 0.6) is 0 Å². The van der Waals surface area contributed by atoms with Gasteiger partial charge in [0.2, 0.25) is 0 Å². The SMILES string of the molecule is CCC(CC)CNC(=O)c1cc(Br)c(Br)s1. The van der Waals surface area contributed by atoms with Gasteiger partial charge in [0.1, 0.15) is 0 Å². The second-order valence-electron chi connectivity index (χ2n) is 3.62. The Kier molecular flexibility index (Phi) is 6.00. The normalized spacial score (nSPS) is 10.8. The van der Waals surface area contributed by atoms with E-state index in [1.54, 1.807) is 0 Å². The molecular formula is C11H15Br2NOS. The van der Waals surface area contributed by atoms with Crippen molar-refractivity contribution in [1.29, 1.82) is 0 Å². The van der Waals surface area contributed by atoms with E-state index in [-0.39, 0.29) is 5.91 Å². The molecule has 16 heavy (non-hydrogen) atoms. The van der Waals surface area contributed by atoms with E-state index in [1.807, 2.05) is 6.07 Å². The van der Waals surface area contributed by atoms with Gasteiger partial charge >= 0.3 is 0 Å². The second-order valence-corrected chi connectivity index (χ2v) is 6.85. The number of carbonyl (C=O) groups excluding carboxylic acids is 1. The lowest BCUT2D eigenvalue weighted by atomic mass is 10.0. The van der Waals surface area contributed by atoms with Crippen molar-refractivity contribution in [2.45, 2.75) is 26.7 Å². The summed E-state index contributed by atoms with van der Waals surface area (Å²) in [6.07, 6.45) is 2.21. The molecular weight excluding hydrogens is 354 g/mol. The van der Waals surface area contributed by atoms with Crippen LogP contribution in [0.25, 0.3) is 0 Å². The van der Waals surface area contributed by atoms with Gasteiger partial charge in [0, 0.05) is 11.0 Å². The van der Waals surface area contributed by atoms with Crippen LogP contribution in [0.1, 0.15) is 36.4 Å². The second kappa shape index (κ2) is 6.77. The largest absolute Gasteiger partial charge is 0.351 e. The number of halogens is 2.